The molecule has 1 aromatic carbocycles. The van der Waals surface area contributed by atoms with Crippen LogP contribution < -0.4 is 4.72 Å². The van der Waals surface area contributed by atoms with Crippen LogP contribution in [0.25, 0.3) is 0 Å². The van der Waals surface area contributed by atoms with E-state index in [4.69, 9.17) is 0 Å². The Hall–Kier alpha value is -1.40. The summed E-state index contributed by atoms with van der Waals surface area (Å²) >= 11 is 3.33. The maximum atomic E-state index is 12.1. The van der Waals surface area contributed by atoms with Crippen molar-refractivity contribution < 1.29 is 8.42 Å². The first-order valence-corrected chi connectivity index (χ1v) is 7.45. The summed E-state index contributed by atoms with van der Waals surface area (Å²) in [7, 11) is -3.58. The maximum Gasteiger partial charge on any atom is 0.263 e. The summed E-state index contributed by atoms with van der Waals surface area (Å²) in [6.07, 6.45) is 2.84. The molecule has 0 amide bonds. The third-order valence-corrected chi connectivity index (χ3v) is 4.06. The van der Waals surface area contributed by atoms with Gasteiger partial charge < -0.3 is 0 Å². The lowest BCUT2D eigenvalue weighted by Gasteiger charge is -2.08. The molecule has 2 aromatic rings. The van der Waals surface area contributed by atoms with Crippen LogP contribution in [0, 0.1) is 6.92 Å². The van der Waals surface area contributed by atoms with Gasteiger partial charge >= 0.3 is 0 Å². The molecule has 0 unspecified atom stereocenters. The number of rotatable bonds is 3. The Morgan fingerprint density at radius 3 is 2.67 bits per heavy atom. The molecule has 4 nitrogen and oxygen atoms in total. The molecule has 0 aliphatic rings. The average Bonchev–Trinajstić information content (AvgIpc) is 2.28. The Morgan fingerprint density at radius 2 is 2.06 bits per heavy atom. The predicted octanol–water partition coefficient (Wildman–Crippen LogP) is 2.95. The third kappa shape index (κ3) is 3.08. The lowest BCUT2D eigenvalue weighted by atomic mass is 10.2. The molecule has 0 aliphatic heterocycles. The van der Waals surface area contributed by atoms with Crippen molar-refractivity contribution in [3.05, 3.63) is 52.8 Å². The zero-order valence-corrected chi connectivity index (χ0v) is 12.0. The van der Waals surface area contributed by atoms with Gasteiger partial charge in [0.1, 0.15) is 4.90 Å². The Balaban J connectivity index is 2.34. The molecule has 18 heavy (non-hydrogen) atoms. The van der Waals surface area contributed by atoms with E-state index in [1.54, 1.807) is 18.2 Å². The summed E-state index contributed by atoms with van der Waals surface area (Å²) in [4.78, 5) is 3.94. The molecule has 2 rings (SSSR count). The van der Waals surface area contributed by atoms with E-state index in [0.29, 0.717) is 5.69 Å². The van der Waals surface area contributed by atoms with Crippen LogP contribution in [0.5, 0.6) is 0 Å². The Kier molecular flexibility index (Phi) is 3.68. The number of anilines is 1. The standard InChI is InChI=1S/C12H11BrN2O2S/c1-9-5-10(13)7-11(6-9)15-18(16,17)12-3-2-4-14-8-12/h2-8,15H,1H3. The third-order valence-electron chi connectivity index (χ3n) is 2.24. The van der Waals surface area contributed by atoms with Crippen LogP contribution >= 0.6 is 15.9 Å². The molecular formula is C12H11BrN2O2S. The molecule has 0 atom stereocenters. The molecule has 1 N–H and O–H groups in total. The van der Waals surface area contributed by atoms with E-state index in [-0.39, 0.29) is 4.90 Å². The van der Waals surface area contributed by atoms with Gasteiger partial charge in [-0.25, -0.2) is 8.42 Å². The second kappa shape index (κ2) is 5.07. The Bertz CT molecular complexity index is 637. The van der Waals surface area contributed by atoms with Crippen molar-refractivity contribution in [3.63, 3.8) is 0 Å². The van der Waals surface area contributed by atoms with Crippen LogP contribution in [0.1, 0.15) is 5.56 Å². The molecular weight excluding hydrogens is 316 g/mol. The molecule has 0 aliphatic carbocycles. The van der Waals surface area contributed by atoms with E-state index in [1.807, 2.05) is 13.0 Å². The van der Waals surface area contributed by atoms with Gasteiger partial charge in [0, 0.05) is 16.9 Å². The van der Waals surface area contributed by atoms with Gasteiger partial charge in [-0.1, -0.05) is 15.9 Å². The normalized spacial score (nSPS) is 11.2. The molecule has 1 aromatic heterocycles. The lowest BCUT2D eigenvalue weighted by molar-refractivity contribution is 0.601. The van der Waals surface area contributed by atoms with Crippen molar-refractivity contribution in [3.8, 4) is 0 Å². The van der Waals surface area contributed by atoms with Crippen LogP contribution in [0.3, 0.4) is 0 Å². The minimum absolute atomic E-state index is 0.141. The van der Waals surface area contributed by atoms with E-state index in [9.17, 15) is 8.42 Å². The summed E-state index contributed by atoms with van der Waals surface area (Å²) in [6.45, 7) is 1.90. The first-order chi connectivity index (χ1) is 8.47. The summed E-state index contributed by atoms with van der Waals surface area (Å²) in [5.41, 5.74) is 1.49. The second-order valence-electron chi connectivity index (χ2n) is 3.81. The average molecular weight is 327 g/mol. The minimum Gasteiger partial charge on any atom is -0.280 e. The van der Waals surface area contributed by atoms with Crippen LogP contribution in [0.4, 0.5) is 5.69 Å². The number of nitrogens with one attached hydrogen (secondary N) is 1. The van der Waals surface area contributed by atoms with Gasteiger partial charge in [-0.3, -0.25) is 9.71 Å². The smallest absolute Gasteiger partial charge is 0.263 e. The van der Waals surface area contributed by atoms with Gasteiger partial charge in [-0.2, -0.15) is 0 Å². The number of hydrogen-bond acceptors (Lipinski definition) is 3. The molecule has 0 fully saturated rings. The highest BCUT2D eigenvalue weighted by Gasteiger charge is 2.14. The molecule has 94 valence electrons. The van der Waals surface area contributed by atoms with Crippen molar-refractivity contribution in [1.29, 1.82) is 0 Å². The van der Waals surface area contributed by atoms with Crippen molar-refractivity contribution in [2.45, 2.75) is 11.8 Å². The van der Waals surface area contributed by atoms with Gasteiger partial charge in [-0.15, -0.1) is 0 Å². The Labute approximate surface area is 114 Å². The number of nitrogens with zero attached hydrogens (tertiary/aromatic N) is 1. The first-order valence-electron chi connectivity index (χ1n) is 5.17. The largest absolute Gasteiger partial charge is 0.280 e. The molecule has 0 spiro atoms. The molecule has 0 saturated heterocycles. The Morgan fingerprint density at radius 1 is 1.28 bits per heavy atom. The predicted molar refractivity (Wildman–Crippen MR) is 73.9 cm³/mol. The summed E-state index contributed by atoms with van der Waals surface area (Å²) in [5.74, 6) is 0. The van der Waals surface area contributed by atoms with Crippen LogP contribution in [0.15, 0.2) is 52.1 Å². The number of pyridine rings is 1. The van der Waals surface area contributed by atoms with Crippen LogP contribution in [0.2, 0.25) is 0 Å². The van der Waals surface area contributed by atoms with Crippen LogP contribution in [-0.2, 0) is 10.0 Å². The zero-order valence-electron chi connectivity index (χ0n) is 9.59. The zero-order chi connectivity index (χ0) is 13.2. The highest BCUT2D eigenvalue weighted by atomic mass is 79.9. The summed E-state index contributed by atoms with van der Waals surface area (Å²) in [6, 6.07) is 8.46. The number of aromatic nitrogens is 1. The molecule has 0 saturated carbocycles. The lowest BCUT2D eigenvalue weighted by Crippen LogP contribution is -2.13. The molecule has 6 heteroatoms. The van der Waals surface area contributed by atoms with Crippen molar-refractivity contribution in [1.82, 2.24) is 4.98 Å². The van der Waals surface area contributed by atoms with Crippen molar-refractivity contribution >= 4 is 31.6 Å². The van der Waals surface area contributed by atoms with Crippen LogP contribution in [-0.4, -0.2) is 13.4 Å². The van der Waals surface area contributed by atoms with E-state index >= 15 is 0 Å². The maximum absolute atomic E-state index is 12.1. The number of aryl methyl sites for hydroxylation is 1. The van der Waals surface area contributed by atoms with Gasteiger partial charge in [0.05, 0.1) is 5.69 Å². The molecule has 0 radical (unpaired) electrons. The van der Waals surface area contributed by atoms with E-state index < -0.39 is 10.0 Å². The number of benzene rings is 1. The van der Waals surface area contributed by atoms with Gasteiger partial charge in [0.2, 0.25) is 0 Å². The van der Waals surface area contributed by atoms with Gasteiger partial charge in [0.15, 0.2) is 0 Å². The second-order valence-corrected chi connectivity index (χ2v) is 6.41. The number of hydrogen-bond donors (Lipinski definition) is 1. The fourth-order valence-corrected chi connectivity index (χ4v) is 3.13. The van der Waals surface area contributed by atoms with Crippen molar-refractivity contribution in [2.75, 3.05) is 4.72 Å². The highest BCUT2D eigenvalue weighted by Crippen LogP contribution is 2.21. The van der Waals surface area contributed by atoms with Gasteiger partial charge in [-0.05, 0) is 42.8 Å². The number of halogens is 1. The first kappa shape index (κ1) is 13.0. The van der Waals surface area contributed by atoms with E-state index in [2.05, 4.69) is 25.6 Å². The van der Waals surface area contributed by atoms with E-state index in [0.717, 1.165) is 10.0 Å². The fourth-order valence-electron chi connectivity index (χ4n) is 1.52. The summed E-state index contributed by atoms with van der Waals surface area (Å²) < 4.78 is 27.5. The quantitative estimate of drug-likeness (QED) is 0.943. The van der Waals surface area contributed by atoms with Crippen molar-refractivity contribution in [2.24, 2.45) is 0 Å². The molecule has 0 bridgehead atoms. The molecule has 1 heterocycles. The highest BCUT2D eigenvalue weighted by molar-refractivity contribution is 9.10. The van der Waals surface area contributed by atoms with E-state index in [1.165, 1.54) is 18.5 Å². The minimum atomic E-state index is -3.58. The monoisotopic (exact) mass is 326 g/mol. The number of sulfonamides is 1. The fraction of sp³-hybridized carbons (Fsp3) is 0.0833. The van der Waals surface area contributed by atoms with Gasteiger partial charge in [0.25, 0.3) is 10.0 Å². The SMILES string of the molecule is Cc1cc(Br)cc(NS(=O)(=O)c2cccnc2)c1. The summed E-state index contributed by atoms with van der Waals surface area (Å²) in [5, 5.41) is 0. The topological polar surface area (TPSA) is 59.1 Å².